The molecule has 0 fully saturated rings. The first-order valence-electron chi connectivity index (χ1n) is 7.41. The van der Waals surface area contributed by atoms with Gasteiger partial charge in [-0.3, -0.25) is 4.79 Å². The van der Waals surface area contributed by atoms with Crippen molar-refractivity contribution in [3.8, 4) is 11.5 Å². The molecule has 26 heavy (non-hydrogen) atoms. The molecule has 0 aliphatic carbocycles. The zero-order valence-electron chi connectivity index (χ0n) is 13.8. The number of benzene rings is 2. The van der Waals surface area contributed by atoms with Crippen LogP contribution >= 0.6 is 11.6 Å². The first kappa shape index (κ1) is 17.9. The van der Waals surface area contributed by atoms with E-state index in [-0.39, 0.29) is 10.9 Å². The maximum absolute atomic E-state index is 13.3. The van der Waals surface area contributed by atoms with Crippen LogP contribution < -0.4 is 15.0 Å². The van der Waals surface area contributed by atoms with Crippen LogP contribution in [0.3, 0.4) is 0 Å². The molecule has 0 amide bonds. The van der Waals surface area contributed by atoms with Crippen molar-refractivity contribution in [2.45, 2.75) is 0 Å². The molecule has 0 spiro atoms. The molecule has 5 nitrogen and oxygen atoms in total. The monoisotopic (exact) mass is 378 g/mol. The largest absolute Gasteiger partial charge is 0.493 e. The van der Waals surface area contributed by atoms with E-state index >= 15 is 0 Å². The minimum atomic E-state index is -1.000. The fraction of sp³-hybridized carbons (Fsp3) is 0.111. The van der Waals surface area contributed by atoms with Crippen molar-refractivity contribution in [3.63, 3.8) is 0 Å². The van der Waals surface area contributed by atoms with Gasteiger partial charge in [0.2, 0.25) is 0 Å². The number of H-pyrrole nitrogens is 1. The van der Waals surface area contributed by atoms with Gasteiger partial charge < -0.3 is 14.5 Å². The lowest BCUT2D eigenvalue weighted by atomic mass is 10.2. The molecule has 1 heterocycles. The number of methoxy groups -OCH3 is 2. The highest BCUT2D eigenvalue weighted by Gasteiger charge is 2.12. The Morgan fingerprint density at radius 3 is 2.46 bits per heavy atom. The molecule has 3 rings (SSSR count). The highest BCUT2D eigenvalue weighted by atomic mass is 35.5. The van der Waals surface area contributed by atoms with Crippen LogP contribution in [0.5, 0.6) is 11.5 Å². The number of aromatic nitrogens is 2. The highest BCUT2D eigenvalue weighted by Crippen LogP contribution is 2.30. The minimum Gasteiger partial charge on any atom is -0.493 e. The van der Waals surface area contributed by atoms with Gasteiger partial charge >= 0.3 is 0 Å². The predicted molar refractivity (Wildman–Crippen MR) is 95.5 cm³/mol. The lowest BCUT2D eigenvalue weighted by molar-refractivity contribution is 0.355. The van der Waals surface area contributed by atoms with Crippen molar-refractivity contribution in [2.24, 2.45) is 0 Å². The fourth-order valence-electron chi connectivity index (χ4n) is 2.40. The van der Waals surface area contributed by atoms with Crippen molar-refractivity contribution >= 4 is 33.6 Å². The van der Waals surface area contributed by atoms with E-state index in [1.807, 2.05) is 0 Å². The Bertz CT molecular complexity index is 1080. The third-order valence-electron chi connectivity index (χ3n) is 3.67. The van der Waals surface area contributed by atoms with Crippen molar-refractivity contribution in [1.29, 1.82) is 0 Å². The lowest BCUT2D eigenvalue weighted by Gasteiger charge is -2.09. The number of aromatic amines is 1. The van der Waals surface area contributed by atoms with Gasteiger partial charge in [0.15, 0.2) is 29.0 Å². The molecule has 134 valence electrons. The topological polar surface area (TPSA) is 64.2 Å². The van der Waals surface area contributed by atoms with Gasteiger partial charge in [0.05, 0.1) is 30.2 Å². The molecule has 0 saturated carbocycles. The van der Waals surface area contributed by atoms with Gasteiger partial charge in [0, 0.05) is 6.07 Å². The zero-order chi connectivity index (χ0) is 18.8. The maximum Gasteiger partial charge on any atom is 0.259 e. The molecule has 0 unspecified atom stereocenters. The second-order valence-electron chi connectivity index (χ2n) is 5.30. The molecule has 0 atom stereocenters. The first-order chi connectivity index (χ1) is 12.4. The second-order valence-corrected chi connectivity index (χ2v) is 5.71. The Morgan fingerprint density at radius 1 is 1.12 bits per heavy atom. The summed E-state index contributed by atoms with van der Waals surface area (Å²) >= 11 is 6.19. The molecule has 3 aromatic rings. The van der Waals surface area contributed by atoms with Gasteiger partial charge in [-0.1, -0.05) is 17.7 Å². The highest BCUT2D eigenvalue weighted by molar-refractivity contribution is 6.50. The normalized spacial score (nSPS) is 11.7. The second kappa shape index (κ2) is 7.13. The molecule has 0 aliphatic rings. The summed E-state index contributed by atoms with van der Waals surface area (Å²) in [5.41, 5.74) is 0.241. The number of nitrogens with zero attached hydrogens (tertiary/aromatic N) is 1. The summed E-state index contributed by atoms with van der Waals surface area (Å²) in [5.74, 6) is -1.08. The van der Waals surface area contributed by atoms with E-state index in [4.69, 9.17) is 21.1 Å². The van der Waals surface area contributed by atoms with Gasteiger partial charge in [-0.25, -0.2) is 13.8 Å². The number of hydrogen-bond donors (Lipinski definition) is 1. The quantitative estimate of drug-likeness (QED) is 0.746. The van der Waals surface area contributed by atoms with E-state index in [0.717, 1.165) is 12.1 Å². The summed E-state index contributed by atoms with van der Waals surface area (Å²) < 4.78 is 36.7. The van der Waals surface area contributed by atoms with Crippen LogP contribution in [0.25, 0.3) is 22.0 Å². The maximum atomic E-state index is 13.3. The fourth-order valence-corrected chi connectivity index (χ4v) is 2.61. The van der Waals surface area contributed by atoms with Crippen LogP contribution in [0, 0.1) is 11.6 Å². The summed E-state index contributed by atoms with van der Waals surface area (Å²) in [6.45, 7) is 0. The summed E-state index contributed by atoms with van der Waals surface area (Å²) in [7, 11) is 2.93. The Kier molecular flexibility index (Phi) is 4.90. The van der Waals surface area contributed by atoms with Gasteiger partial charge in [-0.15, -0.1) is 0 Å². The third-order valence-corrected chi connectivity index (χ3v) is 3.96. The molecule has 8 heteroatoms. The Hall–Kier alpha value is -2.93. The lowest BCUT2D eigenvalue weighted by Crippen LogP contribution is -2.11. The Balaban J connectivity index is 2.11. The predicted octanol–water partition coefficient (Wildman–Crippen LogP) is 3.96. The van der Waals surface area contributed by atoms with E-state index in [9.17, 15) is 13.6 Å². The molecule has 0 saturated heterocycles. The van der Waals surface area contributed by atoms with E-state index in [2.05, 4.69) is 9.97 Å². The van der Waals surface area contributed by atoms with Crippen LogP contribution in [0.1, 0.15) is 11.4 Å². The Labute approximate surface area is 151 Å². The number of nitrogens with one attached hydrogen (secondary N) is 1. The van der Waals surface area contributed by atoms with Crippen molar-refractivity contribution in [3.05, 3.63) is 63.7 Å². The summed E-state index contributed by atoms with van der Waals surface area (Å²) in [6, 6.07) is 6.39. The van der Waals surface area contributed by atoms with Crippen molar-refractivity contribution in [2.75, 3.05) is 14.2 Å². The van der Waals surface area contributed by atoms with E-state index in [1.54, 1.807) is 6.07 Å². The summed E-state index contributed by atoms with van der Waals surface area (Å²) in [4.78, 5) is 19.2. The first-order valence-corrected chi connectivity index (χ1v) is 7.79. The SMILES string of the molecule is COc1cc2nc(/C(Cl)=C/c3ccc(F)c(F)c3)[nH]c(=O)c2cc1OC. The summed E-state index contributed by atoms with van der Waals surface area (Å²) in [5, 5.41) is 0.355. The number of hydrogen-bond acceptors (Lipinski definition) is 4. The van der Waals surface area contributed by atoms with Gasteiger partial charge in [0.1, 0.15) is 0 Å². The molecule has 0 bridgehead atoms. The number of halogens is 3. The van der Waals surface area contributed by atoms with Crippen LogP contribution in [0.15, 0.2) is 35.1 Å². The van der Waals surface area contributed by atoms with Crippen LogP contribution in [0.2, 0.25) is 0 Å². The average Bonchev–Trinajstić information content (AvgIpc) is 2.63. The molecular formula is C18H13ClF2N2O3. The molecule has 0 aliphatic heterocycles. The van der Waals surface area contributed by atoms with Gasteiger partial charge in [0.25, 0.3) is 5.56 Å². The number of rotatable bonds is 4. The van der Waals surface area contributed by atoms with Crippen LogP contribution in [-0.4, -0.2) is 24.2 Å². The molecule has 1 aromatic heterocycles. The summed E-state index contributed by atoms with van der Waals surface area (Å²) in [6.07, 6.45) is 1.37. The van der Waals surface area contributed by atoms with Gasteiger partial charge in [-0.2, -0.15) is 0 Å². The van der Waals surface area contributed by atoms with E-state index in [1.165, 1.54) is 32.4 Å². The van der Waals surface area contributed by atoms with Gasteiger partial charge in [-0.05, 0) is 29.8 Å². The van der Waals surface area contributed by atoms with Crippen LogP contribution in [0.4, 0.5) is 8.78 Å². The molecular weight excluding hydrogens is 366 g/mol. The standard InChI is InChI=1S/C18H13ClF2N2O3/c1-25-15-7-10-14(8-16(15)26-2)22-17(23-18(10)24)11(19)5-9-3-4-12(20)13(21)6-9/h3-8H,1-2H3,(H,22,23,24)/b11-5-. The number of ether oxygens (including phenoxy) is 2. The van der Waals surface area contributed by atoms with Crippen LogP contribution in [-0.2, 0) is 0 Å². The molecule has 0 radical (unpaired) electrons. The molecule has 1 N–H and O–H groups in total. The van der Waals surface area contributed by atoms with E-state index < -0.39 is 17.2 Å². The molecule has 2 aromatic carbocycles. The van der Waals surface area contributed by atoms with Crippen molar-refractivity contribution in [1.82, 2.24) is 9.97 Å². The third kappa shape index (κ3) is 3.39. The minimum absolute atomic E-state index is 0.0600. The zero-order valence-corrected chi connectivity index (χ0v) is 14.5. The van der Waals surface area contributed by atoms with Crippen molar-refractivity contribution < 1.29 is 18.3 Å². The average molecular weight is 379 g/mol. The number of fused-ring (bicyclic) bond motifs is 1. The smallest absolute Gasteiger partial charge is 0.259 e. The Morgan fingerprint density at radius 2 is 1.81 bits per heavy atom. The van der Waals surface area contributed by atoms with E-state index in [0.29, 0.717) is 28.0 Å².